The molecule has 0 aromatic heterocycles. The molecule has 0 amide bonds. The highest BCUT2D eigenvalue weighted by Crippen LogP contribution is 2.23. The molecule has 0 atom stereocenters. The highest BCUT2D eigenvalue weighted by Gasteiger charge is 2.14. The number of guanidine groups is 1. The highest BCUT2D eigenvalue weighted by molar-refractivity contribution is 14.0. The Balaban J connectivity index is 0.00000338. The van der Waals surface area contributed by atoms with Gasteiger partial charge in [0.05, 0.1) is 0 Å². The molecule has 142 valence electrons. The van der Waals surface area contributed by atoms with Crippen molar-refractivity contribution in [3.8, 4) is 5.75 Å². The Morgan fingerprint density at radius 2 is 1.77 bits per heavy atom. The third kappa shape index (κ3) is 6.40. The maximum Gasteiger partial charge on any atom is 0.387 e. The predicted molar refractivity (Wildman–Crippen MR) is 107 cm³/mol. The summed E-state index contributed by atoms with van der Waals surface area (Å²) < 4.78 is 43.2. The molecule has 0 radical (unpaired) electrons. The van der Waals surface area contributed by atoms with Crippen molar-refractivity contribution in [1.82, 2.24) is 10.6 Å². The van der Waals surface area contributed by atoms with Crippen LogP contribution in [0.25, 0.3) is 0 Å². The molecule has 2 rings (SSSR count). The second kappa shape index (κ2) is 10.9. The van der Waals surface area contributed by atoms with E-state index in [-0.39, 0.29) is 41.8 Å². The van der Waals surface area contributed by atoms with E-state index >= 15 is 0 Å². The topological polar surface area (TPSA) is 45.7 Å². The van der Waals surface area contributed by atoms with E-state index in [4.69, 9.17) is 0 Å². The van der Waals surface area contributed by atoms with Crippen molar-refractivity contribution < 1.29 is 17.9 Å². The maximum atomic E-state index is 13.9. The molecule has 2 aromatic carbocycles. The Hall–Kier alpha value is -1.97. The summed E-state index contributed by atoms with van der Waals surface area (Å²) in [5.41, 5.74) is 2.24. The number of aliphatic imine (C=N–C) groups is 1. The zero-order chi connectivity index (χ0) is 18.2. The van der Waals surface area contributed by atoms with E-state index in [2.05, 4.69) is 20.4 Å². The molecular formula is C18H21F3IN3O. The number of rotatable bonds is 6. The quantitative estimate of drug-likeness (QED) is 0.371. The minimum atomic E-state index is -3.01. The van der Waals surface area contributed by atoms with E-state index in [0.29, 0.717) is 12.5 Å². The van der Waals surface area contributed by atoms with E-state index in [9.17, 15) is 13.2 Å². The van der Waals surface area contributed by atoms with Gasteiger partial charge in [0.15, 0.2) is 5.96 Å². The molecule has 26 heavy (non-hydrogen) atoms. The van der Waals surface area contributed by atoms with Gasteiger partial charge in [0.1, 0.15) is 11.6 Å². The summed E-state index contributed by atoms with van der Waals surface area (Å²) in [6.45, 7) is -0.522. The number of benzene rings is 2. The van der Waals surface area contributed by atoms with Gasteiger partial charge in [0.2, 0.25) is 0 Å². The number of hydrogen-bond donors (Lipinski definition) is 2. The van der Waals surface area contributed by atoms with Crippen LogP contribution in [0.3, 0.4) is 0 Å². The summed E-state index contributed by atoms with van der Waals surface area (Å²) >= 11 is 0. The van der Waals surface area contributed by atoms with Crippen LogP contribution in [0.5, 0.6) is 5.75 Å². The van der Waals surface area contributed by atoms with Crippen molar-refractivity contribution in [3.05, 3.63) is 65.0 Å². The number of hydrogen-bond acceptors (Lipinski definition) is 2. The third-order valence-electron chi connectivity index (χ3n) is 3.66. The van der Waals surface area contributed by atoms with Gasteiger partial charge < -0.3 is 15.4 Å². The standard InChI is InChI=1S/C18H20F3N3O.HI/c1-12-6-3-4-7-13(12)10-23-18(22-2)24-11-14-15(19)8-5-9-16(14)25-17(20)21;/h3-9,17H,10-11H2,1-2H3,(H2,22,23,24);1H. The van der Waals surface area contributed by atoms with Gasteiger partial charge in [-0.05, 0) is 30.2 Å². The Morgan fingerprint density at radius 3 is 2.42 bits per heavy atom. The summed E-state index contributed by atoms with van der Waals surface area (Å²) in [6, 6.07) is 11.7. The zero-order valence-corrected chi connectivity index (χ0v) is 16.8. The van der Waals surface area contributed by atoms with Crippen LogP contribution in [0.1, 0.15) is 16.7 Å². The van der Waals surface area contributed by atoms with Crippen LogP contribution in [-0.2, 0) is 13.1 Å². The molecule has 0 saturated carbocycles. The Bertz CT molecular complexity index is 741. The van der Waals surface area contributed by atoms with E-state index in [1.165, 1.54) is 18.2 Å². The van der Waals surface area contributed by atoms with Crippen LogP contribution < -0.4 is 15.4 Å². The van der Waals surface area contributed by atoms with Crippen LogP contribution in [0, 0.1) is 12.7 Å². The molecule has 8 heteroatoms. The molecule has 0 heterocycles. The smallest absolute Gasteiger partial charge is 0.387 e. The van der Waals surface area contributed by atoms with E-state index in [0.717, 1.165) is 11.1 Å². The summed E-state index contributed by atoms with van der Waals surface area (Å²) in [5.74, 6) is -0.397. The second-order valence-corrected chi connectivity index (χ2v) is 5.30. The van der Waals surface area contributed by atoms with Crippen molar-refractivity contribution in [3.63, 3.8) is 0 Å². The van der Waals surface area contributed by atoms with Crippen molar-refractivity contribution in [2.45, 2.75) is 26.6 Å². The van der Waals surface area contributed by atoms with Gasteiger partial charge in [0, 0.05) is 25.7 Å². The molecule has 2 N–H and O–H groups in total. The number of aryl methyl sites for hydroxylation is 1. The molecular weight excluding hydrogens is 458 g/mol. The number of nitrogens with zero attached hydrogens (tertiary/aromatic N) is 1. The molecule has 0 aliphatic carbocycles. The van der Waals surface area contributed by atoms with Gasteiger partial charge in [-0.2, -0.15) is 8.78 Å². The lowest BCUT2D eigenvalue weighted by Crippen LogP contribution is -2.36. The minimum absolute atomic E-state index is 0. The monoisotopic (exact) mass is 479 g/mol. The van der Waals surface area contributed by atoms with Crippen LogP contribution in [-0.4, -0.2) is 19.6 Å². The Labute approximate surface area is 167 Å². The van der Waals surface area contributed by atoms with Crippen LogP contribution in [0.4, 0.5) is 13.2 Å². The van der Waals surface area contributed by atoms with E-state index in [1.54, 1.807) is 7.05 Å². The van der Waals surface area contributed by atoms with Crippen molar-refractivity contribution >= 4 is 29.9 Å². The SMILES string of the molecule is CN=C(NCc1ccccc1C)NCc1c(F)cccc1OC(F)F.I. The van der Waals surface area contributed by atoms with Crippen LogP contribution >= 0.6 is 24.0 Å². The fourth-order valence-corrected chi connectivity index (χ4v) is 2.30. The Morgan fingerprint density at radius 1 is 1.08 bits per heavy atom. The number of halogens is 4. The molecule has 0 aliphatic heterocycles. The van der Waals surface area contributed by atoms with Gasteiger partial charge >= 0.3 is 6.61 Å². The first kappa shape index (κ1) is 22.1. The molecule has 4 nitrogen and oxygen atoms in total. The first-order valence-corrected chi connectivity index (χ1v) is 7.72. The number of nitrogens with one attached hydrogen (secondary N) is 2. The average Bonchev–Trinajstić information content (AvgIpc) is 2.57. The van der Waals surface area contributed by atoms with Crippen molar-refractivity contribution in [1.29, 1.82) is 0 Å². The molecule has 0 aliphatic rings. The van der Waals surface area contributed by atoms with E-state index < -0.39 is 12.4 Å². The fourth-order valence-electron chi connectivity index (χ4n) is 2.30. The van der Waals surface area contributed by atoms with E-state index in [1.807, 2.05) is 31.2 Å². The zero-order valence-electron chi connectivity index (χ0n) is 14.4. The first-order valence-electron chi connectivity index (χ1n) is 7.72. The van der Waals surface area contributed by atoms with Gasteiger partial charge in [-0.15, -0.1) is 24.0 Å². The normalized spacial score (nSPS) is 11.1. The molecule has 0 spiro atoms. The molecule has 0 unspecified atom stereocenters. The highest BCUT2D eigenvalue weighted by atomic mass is 127. The number of ether oxygens (including phenoxy) is 1. The van der Waals surface area contributed by atoms with Crippen LogP contribution in [0.2, 0.25) is 0 Å². The minimum Gasteiger partial charge on any atom is -0.434 e. The lowest BCUT2D eigenvalue weighted by atomic mass is 10.1. The van der Waals surface area contributed by atoms with Crippen molar-refractivity contribution in [2.24, 2.45) is 4.99 Å². The predicted octanol–water partition coefficient (Wildman–Crippen LogP) is 4.22. The van der Waals surface area contributed by atoms with Crippen molar-refractivity contribution in [2.75, 3.05) is 7.05 Å². The van der Waals surface area contributed by atoms with Crippen LogP contribution in [0.15, 0.2) is 47.5 Å². The summed E-state index contributed by atoms with van der Waals surface area (Å²) in [7, 11) is 1.57. The molecule has 0 fully saturated rings. The largest absolute Gasteiger partial charge is 0.434 e. The molecule has 2 aromatic rings. The molecule has 0 saturated heterocycles. The van der Waals surface area contributed by atoms with Gasteiger partial charge in [-0.3, -0.25) is 4.99 Å². The average molecular weight is 479 g/mol. The summed E-state index contributed by atoms with van der Waals surface area (Å²) in [4.78, 5) is 4.05. The Kier molecular flexibility index (Phi) is 9.25. The lowest BCUT2D eigenvalue weighted by Gasteiger charge is -2.15. The van der Waals surface area contributed by atoms with Gasteiger partial charge in [-0.25, -0.2) is 4.39 Å². The van der Waals surface area contributed by atoms with Gasteiger partial charge in [-0.1, -0.05) is 30.3 Å². The summed E-state index contributed by atoms with van der Waals surface area (Å²) in [6.07, 6.45) is 0. The third-order valence-corrected chi connectivity index (χ3v) is 3.66. The first-order chi connectivity index (χ1) is 12.0. The molecule has 0 bridgehead atoms. The maximum absolute atomic E-state index is 13.9. The fraction of sp³-hybridized carbons (Fsp3) is 0.278. The van der Waals surface area contributed by atoms with Gasteiger partial charge in [0.25, 0.3) is 0 Å². The lowest BCUT2D eigenvalue weighted by molar-refractivity contribution is -0.0506. The number of alkyl halides is 2. The second-order valence-electron chi connectivity index (χ2n) is 5.30. The summed E-state index contributed by atoms with van der Waals surface area (Å²) in [5, 5.41) is 6.01.